The van der Waals surface area contributed by atoms with E-state index in [4.69, 9.17) is 15.5 Å². The van der Waals surface area contributed by atoms with Crippen molar-refractivity contribution in [3.8, 4) is 5.75 Å². The van der Waals surface area contributed by atoms with Gasteiger partial charge in [-0.2, -0.15) is 5.90 Å². The Morgan fingerprint density at radius 2 is 2.14 bits per heavy atom. The number of nitrogens with zero attached hydrogens (tertiary/aromatic N) is 1. The van der Waals surface area contributed by atoms with Crippen molar-refractivity contribution in [3.63, 3.8) is 0 Å². The van der Waals surface area contributed by atoms with Crippen molar-refractivity contribution < 1.29 is 9.57 Å². The molecule has 1 aliphatic heterocycles. The van der Waals surface area contributed by atoms with Gasteiger partial charge in [0, 0.05) is 22.6 Å². The molecule has 4 heteroatoms. The van der Waals surface area contributed by atoms with E-state index >= 15 is 0 Å². The van der Waals surface area contributed by atoms with Crippen LogP contribution >= 0.6 is 0 Å². The second-order valence-electron chi connectivity index (χ2n) is 6.90. The molecule has 1 saturated carbocycles. The lowest BCUT2D eigenvalue weighted by Crippen LogP contribution is -2.28. The molecule has 22 heavy (non-hydrogen) atoms. The predicted octanol–water partition coefficient (Wildman–Crippen LogP) is 3.11. The average Bonchev–Trinajstić information content (AvgIpc) is 3.11. The lowest BCUT2D eigenvalue weighted by Gasteiger charge is -2.28. The van der Waals surface area contributed by atoms with Crippen LogP contribution in [-0.2, 0) is 10.2 Å². The summed E-state index contributed by atoms with van der Waals surface area (Å²) in [6, 6.07) is 8.43. The fourth-order valence-electron chi connectivity index (χ4n) is 4.46. The summed E-state index contributed by atoms with van der Waals surface area (Å²) in [5, 5.41) is 0.997. The zero-order valence-corrected chi connectivity index (χ0v) is 13.3. The van der Waals surface area contributed by atoms with Gasteiger partial charge in [0.2, 0.25) is 0 Å². The first kappa shape index (κ1) is 14.0. The van der Waals surface area contributed by atoms with Gasteiger partial charge in [-0.05, 0) is 49.8 Å². The third kappa shape index (κ3) is 1.80. The third-order valence-electron chi connectivity index (χ3n) is 5.72. The summed E-state index contributed by atoms with van der Waals surface area (Å²) in [5.74, 6) is 7.45. The minimum Gasteiger partial charge on any atom is -0.411 e. The summed E-state index contributed by atoms with van der Waals surface area (Å²) in [4.78, 5) is 9.66. The predicted molar refractivity (Wildman–Crippen MR) is 85.7 cm³/mol. The Morgan fingerprint density at radius 1 is 1.32 bits per heavy atom. The number of benzene rings is 1. The van der Waals surface area contributed by atoms with Crippen LogP contribution in [0, 0.1) is 18.8 Å². The van der Waals surface area contributed by atoms with Gasteiger partial charge in [0.25, 0.3) is 0 Å². The zero-order chi connectivity index (χ0) is 15.5. The number of pyridine rings is 1. The van der Waals surface area contributed by atoms with Gasteiger partial charge < -0.3 is 9.57 Å². The molecule has 0 radical (unpaired) electrons. The van der Waals surface area contributed by atoms with Crippen molar-refractivity contribution in [2.75, 3.05) is 6.61 Å². The number of hydrogen-bond donors (Lipinski definition) is 1. The summed E-state index contributed by atoms with van der Waals surface area (Å²) in [7, 11) is 0. The van der Waals surface area contributed by atoms with Crippen molar-refractivity contribution in [1.29, 1.82) is 0 Å². The standard InChI is InChI=1S/C18H22N2O2/c1-10-6-17(22-19)14-7-13(4-5-16(14)20-10)18-8-11(2)21-9-15(18)12(18)3/h4-7,11-12,15H,8-9,19H2,1-3H3. The highest BCUT2D eigenvalue weighted by molar-refractivity contribution is 5.86. The molecule has 4 unspecified atom stereocenters. The van der Waals surface area contributed by atoms with Crippen LogP contribution in [0.25, 0.3) is 10.9 Å². The fraction of sp³-hybridized carbons (Fsp3) is 0.500. The molecule has 2 aliphatic rings. The van der Waals surface area contributed by atoms with E-state index in [1.165, 1.54) is 5.56 Å². The largest absolute Gasteiger partial charge is 0.411 e. The van der Waals surface area contributed by atoms with E-state index in [1.54, 1.807) is 0 Å². The molecule has 1 saturated heterocycles. The molecule has 1 aromatic carbocycles. The molecule has 2 aromatic rings. The van der Waals surface area contributed by atoms with Crippen molar-refractivity contribution in [2.45, 2.75) is 38.7 Å². The van der Waals surface area contributed by atoms with Crippen LogP contribution in [-0.4, -0.2) is 17.7 Å². The molecule has 1 aromatic heterocycles. The van der Waals surface area contributed by atoms with Crippen LogP contribution < -0.4 is 10.7 Å². The number of hydrogen-bond acceptors (Lipinski definition) is 4. The molecule has 0 amide bonds. The van der Waals surface area contributed by atoms with Crippen molar-refractivity contribution in [1.82, 2.24) is 4.98 Å². The van der Waals surface area contributed by atoms with Gasteiger partial charge >= 0.3 is 0 Å². The summed E-state index contributed by atoms with van der Waals surface area (Å²) in [5.41, 5.74) is 3.47. The third-order valence-corrected chi connectivity index (χ3v) is 5.72. The fourth-order valence-corrected chi connectivity index (χ4v) is 4.46. The van der Waals surface area contributed by atoms with Crippen LogP contribution in [0.4, 0.5) is 0 Å². The van der Waals surface area contributed by atoms with Crippen molar-refractivity contribution >= 4 is 10.9 Å². The molecule has 4 atom stereocenters. The second kappa shape index (κ2) is 4.67. The van der Waals surface area contributed by atoms with E-state index in [9.17, 15) is 0 Å². The van der Waals surface area contributed by atoms with Crippen molar-refractivity contribution in [3.05, 3.63) is 35.5 Å². The maximum absolute atomic E-state index is 5.84. The summed E-state index contributed by atoms with van der Waals surface area (Å²) >= 11 is 0. The molecule has 4 nitrogen and oxygen atoms in total. The van der Waals surface area contributed by atoms with Crippen LogP contribution in [0.15, 0.2) is 24.3 Å². The van der Waals surface area contributed by atoms with E-state index in [2.05, 4.69) is 37.0 Å². The summed E-state index contributed by atoms with van der Waals surface area (Å²) < 4.78 is 5.84. The maximum atomic E-state index is 5.84. The molecule has 2 N–H and O–H groups in total. The maximum Gasteiger partial charge on any atom is 0.158 e. The molecule has 116 valence electrons. The first-order valence-corrected chi connectivity index (χ1v) is 7.96. The van der Waals surface area contributed by atoms with Crippen LogP contribution in [0.3, 0.4) is 0 Å². The molecule has 0 spiro atoms. The number of aryl methyl sites for hydroxylation is 1. The molecule has 2 fully saturated rings. The molecule has 4 rings (SSSR count). The Balaban J connectivity index is 1.85. The molecular formula is C18H22N2O2. The van der Waals surface area contributed by atoms with Crippen LogP contribution in [0.5, 0.6) is 5.75 Å². The minimum atomic E-state index is 0.253. The van der Waals surface area contributed by atoms with Gasteiger partial charge in [-0.3, -0.25) is 4.98 Å². The van der Waals surface area contributed by atoms with Gasteiger partial charge in [-0.15, -0.1) is 0 Å². The number of fused-ring (bicyclic) bond motifs is 2. The number of nitrogens with two attached hydrogens (primary N) is 1. The van der Waals surface area contributed by atoms with Gasteiger partial charge in [0.1, 0.15) is 0 Å². The Bertz CT molecular complexity index is 745. The normalized spacial score (nSPS) is 33.5. The van der Waals surface area contributed by atoms with E-state index in [-0.39, 0.29) is 5.41 Å². The van der Waals surface area contributed by atoms with Crippen molar-refractivity contribution in [2.24, 2.45) is 17.7 Å². The van der Waals surface area contributed by atoms with Gasteiger partial charge in [0.15, 0.2) is 5.75 Å². The molecule has 1 aliphatic carbocycles. The lowest BCUT2D eigenvalue weighted by atomic mass is 9.84. The highest BCUT2D eigenvalue weighted by atomic mass is 16.6. The topological polar surface area (TPSA) is 57.4 Å². The van der Waals surface area contributed by atoms with Crippen LogP contribution in [0.1, 0.15) is 31.5 Å². The lowest BCUT2D eigenvalue weighted by molar-refractivity contribution is 0.0146. The monoisotopic (exact) mass is 298 g/mol. The first-order valence-electron chi connectivity index (χ1n) is 7.96. The van der Waals surface area contributed by atoms with E-state index < -0.39 is 0 Å². The van der Waals surface area contributed by atoms with Gasteiger partial charge in [-0.1, -0.05) is 13.0 Å². The quantitative estimate of drug-likeness (QED) is 0.866. The highest BCUT2D eigenvalue weighted by Gasteiger charge is 2.64. The molecular weight excluding hydrogens is 276 g/mol. The van der Waals surface area contributed by atoms with Crippen LogP contribution in [0.2, 0.25) is 0 Å². The number of ether oxygens (including phenoxy) is 1. The Hall–Kier alpha value is -1.65. The Labute approximate surface area is 130 Å². The summed E-state index contributed by atoms with van der Waals surface area (Å²) in [6.45, 7) is 7.33. The van der Waals surface area contributed by atoms with Gasteiger partial charge in [-0.25, -0.2) is 0 Å². The Morgan fingerprint density at radius 3 is 2.91 bits per heavy atom. The Kier molecular flexibility index (Phi) is 2.97. The summed E-state index contributed by atoms with van der Waals surface area (Å²) in [6.07, 6.45) is 1.40. The SMILES string of the molecule is Cc1cc(ON)c2cc(C34CC(C)OCC3C4C)ccc2n1. The first-order chi connectivity index (χ1) is 10.6. The minimum absolute atomic E-state index is 0.253. The van der Waals surface area contributed by atoms with E-state index in [0.717, 1.165) is 29.6 Å². The number of rotatable bonds is 2. The molecule has 0 bridgehead atoms. The zero-order valence-electron chi connectivity index (χ0n) is 13.3. The highest BCUT2D eigenvalue weighted by Crippen LogP contribution is 2.64. The average molecular weight is 298 g/mol. The number of aromatic nitrogens is 1. The second-order valence-corrected chi connectivity index (χ2v) is 6.90. The van der Waals surface area contributed by atoms with Gasteiger partial charge in [0.05, 0.1) is 18.2 Å². The molecule has 2 heterocycles. The smallest absolute Gasteiger partial charge is 0.158 e. The van der Waals surface area contributed by atoms with E-state index in [1.807, 2.05) is 13.0 Å². The van der Waals surface area contributed by atoms with E-state index in [0.29, 0.717) is 23.7 Å².